The minimum atomic E-state index is -0.590. The molecule has 1 aromatic carbocycles. The van der Waals surface area contributed by atoms with Crippen LogP contribution in [0.1, 0.15) is 17.3 Å². The summed E-state index contributed by atoms with van der Waals surface area (Å²) in [4.78, 5) is 22.7. The van der Waals surface area contributed by atoms with Gasteiger partial charge in [0.25, 0.3) is 5.91 Å². The molecule has 0 aliphatic heterocycles. The standard InChI is InChI=1S/C12H16FN3O2.ClH/c1-8(14)11(17)15-6-7-16-12(18)9-4-2-3-5-10(9)13;/h2-5,8H,6-7,14H2,1H3,(H,15,17)(H,16,18);1H. The van der Waals surface area contributed by atoms with Gasteiger partial charge in [0.2, 0.25) is 5.91 Å². The van der Waals surface area contributed by atoms with Crippen LogP contribution in [0.15, 0.2) is 24.3 Å². The number of benzene rings is 1. The number of nitrogens with one attached hydrogen (secondary N) is 2. The maximum atomic E-state index is 13.2. The van der Waals surface area contributed by atoms with Gasteiger partial charge in [-0.25, -0.2) is 4.39 Å². The zero-order valence-electron chi connectivity index (χ0n) is 10.5. The highest BCUT2D eigenvalue weighted by molar-refractivity contribution is 5.94. The molecule has 1 aromatic rings. The van der Waals surface area contributed by atoms with E-state index in [1.165, 1.54) is 18.2 Å². The fourth-order valence-corrected chi connectivity index (χ4v) is 1.26. The molecule has 19 heavy (non-hydrogen) atoms. The summed E-state index contributed by atoms with van der Waals surface area (Å²) in [6, 6.07) is 5.11. The van der Waals surface area contributed by atoms with Gasteiger partial charge < -0.3 is 16.4 Å². The predicted molar refractivity (Wildman–Crippen MR) is 72.6 cm³/mol. The number of carbonyl (C=O) groups excluding carboxylic acids is 2. The molecule has 4 N–H and O–H groups in total. The van der Waals surface area contributed by atoms with Crippen LogP contribution in [-0.2, 0) is 4.79 Å². The molecular formula is C12H17ClFN3O2. The van der Waals surface area contributed by atoms with E-state index in [0.717, 1.165) is 0 Å². The maximum Gasteiger partial charge on any atom is 0.254 e. The van der Waals surface area contributed by atoms with Crippen molar-refractivity contribution in [3.63, 3.8) is 0 Å². The number of amides is 2. The fourth-order valence-electron chi connectivity index (χ4n) is 1.26. The van der Waals surface area contributed by atoms with Gasteiger partial charge >= 0.3 is 0 Å². The van der Waals surface area contributed by atoms with Crippen LogP contribution in [0.5, 0.6) is 0 Å². The third kappa shape index (κ3) is 5.67. The number of hydrogen-bond acceptors (Lipinski definition) is 3. The lowest BCUT2D eigenvalue weighted by molar-refractivity contribution is -0.121. The zero-order chi connectivity index (χ0) is 13.5. The molecule has 0 heterocycles. The molecule has 7 heteroatoms. The Bertz CT molecular complexity index is 441. The van der Waals surface area contributed by atoms with Crippen molar-refractivity contribution in [2.45, 2.75) is 13.0 Å². The summed E-state index contributed by atoms with van der Waals surface area (Å²) in [6.45, 7) is 2.03. The number of halogens is 2. The second kappa shape index (κ2) is 8.44. The van der Waals surface area contributed by atoms with Gasteiger partial charge in [-0.2, -0.15) is 0 Å². The van der Waals surface area contributed by atoms with E-state index in [2.05, 4.69) is 10.6 Å². The molecular weight excluding hydrogens is 273 g/mol. The third-order valence-electron chi connectivity index (χ3n) is 2.24. The molecule has 0 aromatic heterocycles. The van der Waals surface area contributed by atoms with Gasteiger partial charge in [0.15, 0.2) is 0 Å². The first-order chi connectivity index (χ1) is 8.52. The number of hydrogen-bond donors (Lipinski definition) is 3. The van der Waals surface area contributed by atoms with Gasteiger partial charge in [-0.05, 0) is 19.1 Å². The summed E-state index contributed by atoms with van der Waals surface area (Å²) in [7, 11) is 0. The monoisotopic (exact) mass is 289 g/mol. The maximum absolute atomic E-state index is 13.2. The van der Waals surface area contributed by atoms with Crippen molar-refractivity contribution in [2.75, 3.05) is 13.1 Å². The van der Waals surface area contributed by atoms with Crippen LogP contribution in [-0.4, -0.2) is 30.9 Å². The first-order valence-corrected chi connectivity index (χ1v) is 5.58. The Balaban J connectivity index is 0.00000324. The summed E-state index contributed by atoms with van der Waals surface area (Å²) in [5, 5.41) is 5.03. The summed E-state index contributed by atoms with van der Waals surface area (Å²) in [5.74, 6) is -1.38. The largest absolute Gasteiger partial charge is 0.353 e. The van der Waals surface area contributed by atoms with Crippen LogP contribution >= 0.6 is 12.4 Å². The van der Waals surface area contributed by atoms with Crippen LogP contribution in [0.3, 0.4) is 0 Å². The minimum absolute atomic E-state index is 0. The fraction of sp³-hybridized carbons (Fsp3) is 0.333. The van der Waals surface area contributed by atoms with Gasteiger partial charge in [0, 0.05) is 13.1 Å². The molecule has 0 spiro atoms. The van der Waals surface area contributed by atoms with Gasteiger partial charge in [-0.1, -0.05) is 12.1 Å². The normalized spacial score (nSPS) is 11.1. The Morgan fingerprint density at radius 2 is 1.84 bits per heavy atom. The van der Waals surface area contributed by atoms with Crippen LogP contribution < -0.4 is 16.4 Å². The molecule has 1 unspecified atom stereocenters. The molecule has 1 rings (SSSR count). The average molecular weight is 290 g/mol. The van der Waals surface area contributed by atoms with Crippen LogP contribution in [0.25, 0.3) is 0 Å². The molecule has 0 aliphatic carbocycles. The Morgan fingerprint density at radius 1 is 1.26 bits per heavy atom. The average Bonchev–Trinajstić information content (AvgIpc) is 2.34. The van der Waals surface area contributed by atoms with Gasteiger partial charge in [-0.15, -0.1) is 12.4 Å². The molecule has 2 amide bonds. The third-order valence-corrected chi connectivity index (χ3v) is 2.24. The Morgan fingerprint density at radius 3 is 2.42 bits per heavy atom. The van der Waals surface area contributed by atoms with Crippen LogP contribution in [0, 0.1) is 5.82 Å². The quantitative estimate of drug-likeness (QED) is 0.688. The van der Waals surface area contributed by atoms with E-state index < -0.39 is 17.8 Å². The second-order valence-electron chi connectivity index (χ2n) is 3.82. The highest BCUT2D eigenvalue weighted by Gasteiger charge is 2.10. The topological polar surface area (TPSA) is 84.2 Å². The predicted octanol–water partition coefficient (Wildman–Crippen LogP) is 0.441. The van der Waals surface area contributed by atoms with E-state index in [1.54, 1.807) is 13.0 Å². The van der Waals surface area contributed by atoms with E-state index >= 15 is 0 Å². The van der Waals surface area contributed by atoms with Crippen molar-refractivity contribution in [3.05, 3.63) is 35.6 Å². The lowest BCUT2D eigenvalue weighted by atomic mass is 10.2. The van der Waals surface area contributed by atoms with E-state index in [4.69, 9.17) is 5.73 Å². The zero-order valence-corrected chi connectivity index (χ0v) is 11.3. The van der Waals surface area contributed by atoms with Crippen molar-refractivity contribution >= 4 is 24.2 Å². The number of nitrogens with two attached hydrogens (primary N) is 1. The summed E-state index contributed by atoms with van der Waals surface area (Å²) in [5.41, 5.74) is 5.32. The summed E-state index contributed by atoms with van der Waals surface area (Å²) < 4.78 is 13.2. The summed E-state index contributed by atoms with van der Waals surface area (Å²) >= 11 is 0. The van der Waals surface area contributed by atoms with Crippen molar-refractivity contribution in [1.82, 2.24) is 10.6 Å². The molecule has 1 atom stereocenters. The molecule has 0 aliphatic rings. The first kappa shape index (κ1) is 17.3. The Kier molecular flexibility index (Phi) is 7.71. The van der Waals surface area contributed by atoms with E-state index in [-0.39, 0.29) is 37.0 Å². The smallest absolute Gasteiger partial charge is 0.254 e. The Hall–Kier alpha value is -1.66. The Labute approximate surface area is 117 Å². The van der Waals surface area contributed by atoms with Gasteiger partial charge in [0.05, 0.1) is 11.6 Å². The molecule has 0 saturated carbocycles. The second-order valence-corrected chi connectivity index (χ2v) is 3.82. The highest BCUT2D eigenvalue weighted by Crippen LogP contribution is 2.05. The van der Waals surface area contributed by atoms with E-state index in [9.17, 15) is 14.0 Å². The van der Waals surface area contributed by atoms with Gasteiger partial charge in [-0.3, -0.25) is 9.59 Å². The molecule has 0 bridgehead atoms. The number of carbonyl (C=O) groups is 2. The van der Waals surface area contributed by atoms with Crippen molar-refractivity contribution in [3.8, 4) is 0 Å². The molecule has 0 saturated heterocycles. The molecule has 0 radical (unpaired) electrons. The van der Waals surface area contributed by atoms with Crippen molar-refractivity contribution in [2.24, 2.45) is 5.73 Å². The van der Waals surface area contributed by atoms with Crippen LogP contribution in [0.2, 0.25) is 0 Å². The van der Waals surface area contributed by atoms with Gasteiger partial charge in [0.1, 0.15) is 5.82 Å². The summed E-state index contributed by atoms with van der Waals surface area (Å²) in [6.07, 6.45) is 0. The lowest BCUT2D eigenvalue weighted by Gasteiger charge is -2.09. The SMILES string of the molecule is CC(N)C(=O)NCCNC(=O)c1ccccc1F.Cl. The van der Waals surface area contributed by atoms with Crippen molar-refractivity contribution in [1.29, 1.82) is 0 Å². The molecule has 0 fully saturated rings. The minimum Gasteiger partial charge on any atom is -0.353 e. The highest BCUT2D eigenvalue weighted by atomic mass is 35.5. The number of rotatable bonds is 5. The van der Waals surface area contributed by atoms with Crippen LogP contribution in [0.4, 0.5) is 4.39 Å². The molecule has 106 valence electrons. The van der Waals surface area contributed by atoms with E-state index in [1.807, 2.05) is 0 Å². The van der Waals surface area contributed by atoms with Crippen molar-refractivity contribution < 1.29 is 14.0 Å². The van der Waals surface area contributed by atoms with E-state index in [0.29, 0.717) is 0 Å². The first-order valence-electron chi connectivity index (χ1n) is 5.58. The lowest BCUT2D eigenvalue weighted by Crippen LogP contribution is -2.42. The molecule has 5 nitrogen and oxygen atoms in total.